The zero-order valence-electron chi connectivity index (χ0n) is 12.1. The number of nitro benzene ring substituents is 1. The number of non-ortho nitro benzene ring substituents is 1. The van der Waals surface area contributed by atoms with E-state index < -0.39 is 14.9 Å². The number of hydrogen-bond acceptors (Lipinski definition) is 6. The maximum atomic E-state index is 12.1. The maximum Gasteiger partial charge on any atom is 0.270 e. The molecule has 0 spiro atoms. The molecular weight excluding hydrogens is 310 g/mol. The summed E-state index contributed by atoms with van der Waals surface area (Å²) < 4.78 is 32.0. The van der Waals surface area contributed by atoms with Crippen molar-refractivity contribution in [2.45, 2.75) is 25.2 Å². The lowest BCUT2D eigenvalue weighted by Gasteiger charge is -2.06. The van der Waals surface area contributed by atoms with E-state index in [1.807, 2.05) is 0 Å². The number of nitrogens with zero attached hydrogens (tertiary/aromatic N) is 2. The molecule has 1 heterocycles. The van der Waals surface area contributed by atoms with Gasteiger partial charge in [-0.15, -0.1) is 0 Å². The van der Waals surface area contributed by atoms with Crippen LogP contribution in [-0.4, -0.2) is 24.9 Å². The lowest BCUT2D eigenvalue weighted by molar-refractivity contribution is -0.385. The van der Waals surface area contributed by atoms with Crippen molar-refractivity contribution in [1.29, 1.82) is 0 Å². The molecule has 0 fully saturated rings. The Hall–Kier alpha value is -2.26. The molecule has 0 radical (unpaired) electrons. The molecule has 0 bridgehead atoms. The summed E-state index contributed by atoms with van der Waals surface area (Å²) in [7, 11) is -3.81. The summed E-state index contributed by atoms with van der Waals surface area (Å²) in [6.45, 7) is 3.60. The highest BCUT2D eigenvalue weighted by molar-refractivity contribution is 7.89. The molecule has 0 aliphatic rings. The van der Waals surface area contributed by atoms with E-state index in [1.165, 1.54) is 18.2 Å². The Balaban J connectivity index is 2.06. The van der Waals surface area contributed by atoms with Crippen molar-refractivity contribution in [3.63, 3.8) is 0 Å². The molecule has 0 saturated heterocycles. The number of rotatable bonds is 6. The zero-order chi connectivity index (χ0) is 16.3. The van der Waals surface area contributed by atoms with Gasteiger partial charge in [0.2, 0.25) is 10.0 Å². The van der Waals surface area contributed by atoms with E-state index in [9.17, 15) is 18.5 Å². The second-order valence-corrected chi connectivity index (χ2v) is 6.41. The molecule has 0 aliphatic carbocycles. The van der Waals surface area contributed by atoms with Gasteiger partial charge in [0.05, 0.1) is 15.5 Å². The third-order valence-corrected chi connectivity index (χ3v) is 4.44. The average molecular weight is 325 g/mol. The Bertz CT molecular complexity index is 798. The van der Waals surface area contributed by atoms with Crippen molar-refractivity contribution in [3.05, 3.63) is 51.7 Å². The first-order chi connectivity index (χ1) is 10.3. The molecule has 1 aromatic carbocycles. The van der Waals surface area contributed by atoms with E-state index in [1.54, 1.807) is 13.8 Å². The van der Waals surface area contributed by atoms with Gasteiger partial charge in [-0.2, -0.15) is 0 Å². The summed E-state index contributed by atoms with van der Waals surface area (Å²) >= 11 is 0. The first-order valence-corrected chi connectivity index (χ1v) is 7.95. The van der Waals surface area contributed by atoms with Crippen LogP contribution in [0.2, 0.25) is 0 Å². The smallest absolute Gasteiger partial charge is 0.270 e. The highest BCUT2D eigenvalue weighted by atomic mass is 32.2. The molecule has 0 atom stereocenters. The number of sulfonamides is 1. The lowest BCUT2D eigenvalue weighted by Crippen LogP contribution is -2.26. The van der Waals surface area contributed by atoms with Crippen LogP contribution >= 0.6 is 0 Å². The van der Waals surface area contributed by atoms with Crippen LogP contribution in [0, 0.1) is 24.0 Å². The van der Waals surface area contributed by atoms with Crippen LogP contribution in [0.1, 0.15) is 17.3 Å². The van der Waals surface area contributed by atoms with Crippen molar-refractivity contribution in [3.8, 4) is 0 Å². The fourth-order valence-electron chi connectivity index (χ4n) is 1.95. The predicted molar refractivity (Wildman–Crippen MR) is 78.0 cm³/mol. The summed E-state index contributed by atoms with van der Waals surface area (Å²) in [4.78, 5) is 14.0. The zero-order valence-corrected chi connectivity index (χ0v) is 12.9. The molecule has 9 heteroatoms. The van der Waals surface area contributed by atoms with Gasteiger partial charge >= 0.3 is 0 Å². The molecule has 1 aromatic heterocycles. The first-order valence-electron chi connectivity index (χ1n) is 6.46. The van der Waals surface area contributed by atoms with E-state index >= 15 is 0 Å². The minimum atomic E-state index is -3.81. The van der Waals surface area contributed by atoms with Crippen LogP contribution in [-0.2, 0) is 16.4 Å². The molecule has 118 valence electrons. The quantitative estimate of drug-likeness (QED) is 0.638. The van der Waals surface area contributed by atoms with Crippen LogP contribution < -0.4 is 4.72 Å². The molecule has 2 rings (SSSR count). The van der Waals surface area contributed by atoms with Gasteiger partial charge in [0.1, 0.15) is 5.76 Å². The largest absolute Gasteiger partial charge is 0.446 e. The Labute approximate surface area is 127 Å². The van der Waals surface area contributed by atoms with E-state index in [-0.39, 0.29) is 17.1 Å². The van der Waals surface area contributed by atoms with Gasteiger partial charge in [-0.1, -0.05) is 6.07 Å². The SMILES string of the molecule is Cc1nc(C)c(CCNS(=O)(=O)c2cccc([N+](=O)[O-])c2)o1. The number of aryl methyl sites for hydroxylation is 2. The summed E-state index contributed by atoms with van der Waals surface area (Å²) in [5.41, 5.74) is 0.441. The average Bonchev–Trinajstić information content (AvgIpc) is 2.77. The van der Waals surface area contributed by atoms with Crippen molar-refractivity contribution < 1.29 is 17.8 Å². The second kappa shape index (κ2) is 6.24. The summed E-state index contributed by atoms with van der Waals surface area (Å²) in [5.74, 6) is 1.13. The molecule has 0 amide bonds. The van der Waals surface area contributed by atoms with Gasteiger partial charge < -0.3 is 4.42 Å². The Kier molecular flexibility index (Phi) is 4.57. The summed E-state index contributed by atoms with van der Waals surface area (Å²) in [6, 6.07) is 4.89. The standard InChI is InChI=1S/C13H15N3O5S/c1-9-13(21-10(2)15-9)6-7-14-22(19,20)12-5-3-4-11(8-12)16(17)18/h3-5,8,14H,6-7H2,1-2H3. The molecule has 0 unspecified atom stereocenters. The van der Waals surface area contributed by atoms with Crippen molar-refractivity contribution in [2.24, 2.45) is 0 Å². The lowest BCUT2D eigenvalue weighted by atomic mass is 10.3. The first kappa shape index (κ1) is 16.1. The van der Waals surface area contributed by atoms with Crippen molar-refractivity contribution in [1.82, 2.24) is 9.71 Å². The highest BCUT2D eigenvalue weighted by Gasteiger charge is 2.17. The van der Waals surface area contributed by atoms with Gasteiger partial charge in [0.25, 0.3) is 5.69 Å². The fraction of sp³-hybridized carbons (Fsp3) is 0.308. The van der Waals surface area contributed by atoms with Crippen LogP contribution in [0.4, 0.5) is 5.69 Å². The second-order valence-electron chi connectivity index (χ2n) is 4.64. The number of aromatic nitrogens is 1. The highest BCUT2D eigenvalue weighted by Crippen LogP contribution is 2.17. The monoisotopic (exact) mass is 325 g/mol. The van der Waals surface area contributed by atoms with Gasteiger partial charge in [-0.3, -0.25) is 10.1 Å². The summed E-state index contributed by atoms with van der Waals surface area (Å²) in [6.07, 6.45) is 0.348. The minimum absolute atomic E-state index is 0.112. The van der Waals surface area contributed by atoms with E-state index in [2.05, 4.69) is 9.71 Å². The Morgan fingerprint density at radius 1 is 1.36 bits per heavy atom. The number of oxazole rings is 1. The molecular formula is C13H15N3O5S. The van der Waals surface area contributed by atoms with Gasteiger partial charge in [-0.25, -0.2) is 18.1 Å². The Morgan fingerprint density at radius 2 is 2.09 bits per heavy atom. The Morgan fingerprint density at radius 3 is 2.68 bits per heavy atom. The predicted octanol–water partition coefficient (Wildman–Crippen LogP) is 1.72. The molecule has 8 nitrogen and oxygen atoms in total. The number of hydrogen-bond donors (Lipinski definition) is 1. The normalized spacial score (nSPS) is 11.5. The molecule has 2 aromatic rings. The molecule has 0 saturated carbocycles. The fourth-order valence-corrected chi connectivity index (χ4v) is 3.02. The minimum Gasteiger partial charge on any atom is -0.446 e. The topological polar surface area (TPSA) is 115 Å². The molecule has 1 N–H and O–H groups in total. The van der Waals surface area contributed by atoms with Gasteiger partial charge in [0.15, 0.2) is 5.89 Å². The van der Waals surface area contributed by atoms with Crippen LogP contribution in [0.5, 0.6) is 0 Å². The van der Waals surface area contributed by atoms with E-state index in [0.29, 0.717) is 23.8 Å². The van der Waals surface area contributed by atoms with Gasteiger partial charge in [-0.05, 0) is 13.0 Å². The third kappa shape index (κ3) is 3.68. The van der Waals surface area contributed by atoms with E-state index in [0.717, 1.165) is 6.07 Å². The van der Waals surface area contributed by atoms with Crippen LogP contribution in [0.15, 0.2) is 33.6 Å². The third-order valence-electron chi connectivity index (χ3n) is 2.98. The number of benzene rings is 1. The van der Waals surface area contributed by atoms with Crippen molar-refractivity contribution >= 4 is 15.7 Å². The number of nitro groups is 1. The number of nitrogens with one attached hydrogen (secondary N) is 1. The van der Waals surface area contributed by atoms with Crippen molar-refractivity contribution in [2.75, 3.05) is 6.54 Å². The van der Waals surface area contributed by atoms with Crippen LogP contribution in [0.3, 0.4) is 0 Å². The van der Waals surface area contributed by atoms with Crippen LogP contribution in [0.25, 0.3) is 0 Å². The van der Waals surface area contributed by atoms with Gasteiger partial charge in [0, 0.05) is 32.0 Å². The maximum absolute atomic E-state index is 12.1. The summed E-state index contributed by atoms with van der Waals surface area (Å²) in [5, 5.41) is 10.7. The molecule has 0 aliphatic heterocycles. The van der Waals surface area contributed by atoms with E-state index in [4.69, 9.17) is 4.42 Å². The molecule has 22 heavy (non-hydrogen) atoms.